The SMILES string of the molecule is CC1CCC(=O)C(CCCC(F)(F)F)C1. The molecule has 0 saturated heterocycles. The van der Waals surface area contributed by atoms with Gasteiger partial charge in [-0.3, -0.25) is 4.79 Å². The van der Waals surface area contributed by atoms with E-state index in [1.807, 2.05) is 0 Å². The average Bonchev–Trinajstić information content (AvgIpc) is 2.09. The van der Waals surface area contributed by atoms with E-state index < -0.39 is 12.6 Å². The average molecular weight is 222 g/mol. The molecule has 0 heterocycles. The Labute approximate surface area is 88.0 Å². The molecule has 0 aromatic rings. The molecule has 0 aromatic heterocycles. The number of halogens is 3. The number of carbonyl (C=O) groups excluding carboxylic acids is 1. The summed E-state index contributed by atoms with van der Waals surface area (Å²) in [5, 5.41) is 0. The van der Waals surface area contributed by atoms with E-state index in [-0.39, 0.29) is 18.1 Å². The van der Waals surface area contributed by atoms with Gasteiger partial charge >= 0.3 is 6.18 Å². The molecule has 1 fully saturated rings. The van der Waals surface area contributed by atoms with Crippen LogP contribution in [0.4, 0.5) is 13.2 Å². The fraction of sp³-hybridized carbons (Fsp3) is 0.909. The number of rotatable bonds is 3. The van der Waals surface area contributed by atoms with Crippen molar-refractivity contribution < 1.29 is 18.0 Å². The van der Waals surface area contributed by atoms with Crippen molar-refractivity contribution in [3.05, 3.63) is 0 Å². The Bertz CT molecular complexity index is 222. The van der Waals surface area contributed by atoms with Crippen molar-refractivity contribution in [2.24, 2.45) is 11.8 Å². The molecule has 0 spiro atoms. The number of carbonyl (C=O) groups is 1. The number of ketones is 1. The number of Topliss-reactive ketones (excluding diaryl/α,β-unsaturated/α-hetero) is 1. The molecule has 0 amide bonds. The first-order chi connectivity index (χ1) is 6.88. The second-order valence-corrected chi connectivity index (χ2v) is 4.55. The van der Waals surface area contributed by atoms with E-state index in [9.17, 15) is 18.0 Å². The Kier molecular flexibility index (Phi) is 4.17. The highest BCUT2D eigenvalue weighted by molar-refractivity contribution is 5.81. The minimum atomic E-state index is -4.08. The summed E-state index contributed by atoms with van der Waals surface area (Å²) >= 11 is 0. The highest BCUT2D eigenvalue weighted by atomic mass is 19.4. The fourth-order valence-electron chi connectivity index (χ4n) is 2.16. The molecule has 1 saturated carbocycles. The van der Waals surface area contributed by atoms with Gasteiger partial charge in [0.15, 0.2) is 0 Å². The summed E-state index contributed by atoms with van der Waals surface area (Å²) in [6.45, 7) is 2.06. The lowest BCUT2D eigenvalue weighted by molar-refractivity contribution is -0.138. The zero-order valence-corrected chi connectivity index (χ0v) is 8.94. The van der Waals surface area contributed by atoms with Crippen LogP contribution >= 0.6 is 0 Å². The van der Waals surface area contributed by atoms with E-state index in [1.54, 1.807) is 0 Å². The van der Waals surface area contributed by atoms with Crippen LogP contribution in [0.2, 0.25) is 0 Å². The van der Waals surface area contributed by atoms with Crippen LogP contribution in [-0.4, -0.2) is 12.0 Å². The monoisotopic (exact) mass is 222 g/mol. The standard InChI is InChI=1S/C11H17F3O/c1-8-4-5-10(15)9(7-8)3-2-6-11(12,13)14/h8-9H,2-7H2,1H3. The van der Waals surface area contributed by atoms with Gasteiger partial charge in [-0.15, -0.1) is 0 Å². The Morgan fingerprint density at radius 3 is 2.67 bits per heavy atom. The van der Waals surface area contributed by atoms with Gasteiger partial charge in [-0.05, 0) is 31.6 Å². The molecule has 0 aromatic carbocycles. The maximum absolute atomic E-state index is 11.9. The van der Waals surface area contributed by atoms with Gasteiger partial charge in [-0.25, -0.2) is 0 Å². The minimum Gasteiger partial charge on any atom is -0.299 e. The lowest BCUT2D eigenvalue weighted by Crippen LogP contribution is -2.24. The molecule has 2 unspecified atom stereocenters. The van der Waals surface area contributed by atoms with Crippen molar-refractivity contribution in [2.45, 2.75) is 51.6 Å². The summed E-state index contributed by atoms with van der Waals surface area (Å²) in [5.74, 6) is 0.532. The van der Waals surface area contributed by atoms with Crippen LogP contribution in [0.5, 0.6) is 0 Å². The van der Waals surface area contributed by atoms with Crippen LogP contribution < -0.4 is 0 Å². The van der Waals surface area contributed by atoms with E-state index >= 15 is 0 Å². The molecule has 0 aliphatic heterocycles. The Morgan fingerprint density at radius 1 is 1.40 bits per heavy atom. The molecule has 1 aliphatic carbocycles. The molecular weight excluding hydrogens is 205 g/mol. The topological polar surface area (TPSA) is 17.1 Å². The Hall–Kier alpha value is -0.540. The second kappa shape index (κ2) is 4.99. The summed E-state index contributed by atoms with van der Waals surface area (Å²) in [4.78, 5) is 11.4. The zero-order chi connectivity index (χ0) is 11.5. The predicted octanol–water partition coefficient (Wildman–Crippen LogP) is 3.72. The van der Waals surface area contributed by atoms with Crippen molar-refractivity contribution in [1.29, 1.82) is 0 Å². The number of hydrogen-bond acceptors (Lipinski definition) is 1. The summed E-state index contributed by atoms with van der Waals surface area (Å²) < 4.78 is 35.7. The van der Waals surface area contributed by atoms with Crippen LogP contribution in [0.15, 0.2) is 0 Å². The van der Waals surface area contributed by atoms with Gasteiger partial charge in [0.05, 0.1) is 0 Å². The molecule has 0 radical (unpaired) electrons. The van der Waals surface area contributed by atoms with Crippen LogP contribution in [0.25, 0.3) is 0 Å². The first kappa shape index (κ1) is 12.5. The van der Waals surface area contributed by atoms with E-state index in [4.69, 9.17) is 0 Å². The van der Waals surface area contributed by atoms with Gasteiger partial charge in [-0.2, -0.15) is 13.2 Å². The summed E-state index contributed by atoms with van der Waals surface area (Å²) in [6, 6.07) is 0. The van der Waals surface area contributed by atoms with Crippen LogP contribution in [0.3, 0.4) is 0 Å². The van der Waals surface area contributed by atoms with Crippen molar-refractivity contribution in [3.8, 4) is 0 Å². The van der Waals surface area contributed by atoms with E-state index in [2.05, 4.69) is 6.92 Å². The van der Waals surface area contributed by atoms with Gasteiger partial charge < -0.3 is 0 Å². The molecule has 15 heavy (non-hydrogen) atoms. The van der Waals surface area contributed by atoms with Gasteiger partial charge in [0.1, 0.15) is 5.78 Å². The quantitative estimate of drug-likeness (QED) is 0.711. The van der Waals surface area contributed by atoms with Crippen molar-refractivity contribution in [1.82, 2.24) is 0 Å². The molecule has 1 aliphatic rings. The lowest BCUT2D eigenvalue weighted by Gasteiger charge is -2.25. The molecule has 88 valence electrons. The van der Waals surface area contributed by atoms with Crippen molar-refractivity contribution in [2.75, 3.05) is 0 Å². The third kappa shape index (κ3) is 4.67. The molecule has 1 rings (SSSR count). The van der Waals surface area contributed by atoms with Crippen molar-refractivity contribution in [3.63, 3.8) is 0 Å². The van der Waals surface area contributed by atoms with E-state index in [0.717, 1.165) is 12.8 Å². The summed E-state index contributed by atoms with van der Waals surface area (Å²) in [7, 11) is 0. The molecule has 2 atom stereocenters. The predicted molar refractivity (Wildman–Crippen MR) is 51.4 cm³/mol. The normalized spacial score (nSPS) is 28.1. The fourth-order valence-corrected chi connectivity index (χ4v) is 2.16. The van der Waals surface area contributed by atoms with Crippen LogP contribution in [0.1, 0.15) is 45.4 Å². The Balaban J connectivity index is 2.28. The van der Waals surface area contributed by atoms with E-state index in [0.29, 0.717) is 18.8 Å². The third-order valence-corrected chi connectivity index (χ3v) is 3.04. The van der Waals surface area contributed by atoms with Gasteiger partial charge in [0, 0.05) is 18.8 Å². The summed E-state index contributed by atoms with van der Waals surface area (Å²) in [5.41, 5.74) is 0. The minimum absolute atomic E-state index is 0.0899. The first-order valence-electron chi connectivity index (χ1n) is 5.48. The maximum Gasteiger partial charge on any atom is 0.389 e. The first-order valence-corrected chi connectivity index (χ1v) is 5.48. The smallest absolute Gasteiger partial charge is 0.299 e. The number of hydrogen-bond donors (Lipinski definition) is 0. The van der Waals surface area contributed by atoms with Gasteiger partial charge in [0.25, 0.3) is 0 Å². The largest absolute Gasteiger partial charge is 0.389 e. The summed E-state index contributed by atoms with van der Waals surface area (Å²) in [6.07, 6.45) is -2.12. The van der Waals surface area contributed by atoms with Crippen molar-refractivity contribution >= 4 is 5.78 Å². The molecular formula is C11H17F3O. The maximum atomic E-state index is 11.9. The van der Waals surface area contributed by atoms with E-state index in [1.165, 1.54) is 0 Å². The molecule has 4 heteroatoms. The third-order valence-electron chi connectivity index (χ3n) is 3.04. The molecule has 1 nitrogen and oxygen atoms in total. The van der Waals surface area contributed by atoms with Gasteiger partial charge in [0.2, 0.25) is 0 Å². The highest BCUT2D eigenvalue weighted by Gasteiger charge is 2.30. The lowest BCUT2D eigenvalue weighted by atomic mass is 9.79. The molecule has 0 bridgehead atoms. The second-order valence-electron chi connectivity index (χ2n) is 4.55. The zero-order valence-electron chi connectivity index (χ0n) is 8.94. The number of alkyl halides is 3. The molecule has 0 N–H and O–H groups in total. The van der Waals surface area contributed by atoms with Crippen LogP contribution in [0, 0.1) is 11.8 Å². The van der Waals surface area contributed by atoms with Gasteiger partial charge in [-0.1, -0.05) is 6.92 Å². The highest BCUT2D eigenvalue weighted by Crippen LogP contribution is 2.31. The Morgan fingerprint density at radius 2 is 2.07 bits per heavy atom. The van der Waals surface area contributed by atoms with Crippen LogP contribution in [-0.2, 0) is 4.79 Å².